The van der Waals surface area contributed by atoms with Crippen LogP contribution in [0.5, 0.6) is 0 Å². The molecular weight excluding hydrogens is 190 g/mol. The Morgan fingerprint density at radius 1 is 1.33 bits per heavy atom. The number of hydrogen-bond acceptors (Lipinski definition) is 3. The summed E-state index contributed by atoms with van der Waals surface area (Å²) in [6, 6.07) is 0.611. The smallest absolute Gasteiger partial charge is 0.0704 e. The molecule has 3 atom stereocenters. The van der Waals surface area contributed by atoms with E-state index < -0.39 is 0 Å². The van der Waals surface area contributed by atoms with Crippen molar-refractivity contribution in [2.75, 3.05) is 26.9 Å². The Hall–Kier alpha value is -0.120. The average molecular weight is 215 g/mol. The molecule has 3 nitrogen and oxygen atoms in total. The summed E-state index contributed by atoms with van der Waals surface area (Å²) in [5.41, 5.74) is 0.307. The molecule has 0 aromatic rings. The monoisotopic (exact) mass is 215 g/mol. The molecule has 1 fully saturated rings. The molecule has 0 aliphatic heterocycles. The summed E-state index contributed by atoms with van der Waals surface area (Å²) < 4.78 is 11.1. The number of nitrogens with one attached hydrogen (secondary N) is 1. The van der Waals surface area contributed by atoms with E-state index in [4.69, 9.17) is 9.47 Å². The first-order chi connectivity index (χ1) is 7.19. The highest BCUT2D eigenvalue weighted by atomic mass is 16.5. The first-order valence-electron chi connectivity index (χ1n) is 6.05. The minimum Gasteiger partial charge on any atom is -0.379 e. The molecule has 0 saturated heterocycles. The molecule has 0 aromatic carbocycles. The van der Waals surface area contributed by atoms with Crippen molar-refractivity contribution in [3.8, 4) is 0 Å². The second-order valence-corrected chi connectivity index (χ2v) is 4.49. The van der Waals surface area contributed by atoms with Gasteiger partial charge in [0.15, 0.2) is 0 Å². The predicted molar refractivity (Wildman–Crippen MR) is 62.1 cm³/mol. The van der Waals surface area contributed by atoms with E-state index in [1.165, 1.54) is 0 Å². The van der Waals surface area contributed by atoms with Crippen LogP contribution in [0.2, 0.25) is 0 Å². The quantitative estimate of drug-likeness (QED) is 0.657. The van der Waals surface area contributed by atoms with Gasteiger partial charge in [0, 0.05) is 18.1 Å². The van der Waals surface area contributed by atoms with Crippen LogP contribution in [0.3, 0.4) is 0 Å². The normalized spacial score (nSPS) is 35.2. The van der Waals surface area contributed by atoms with Crippen molar-refractivity contribution in [1.82, 2.24) is 5.32 Å². The number of hydrogen-bond donors (Lipinski definition) is 1. The Morgan fingerprint density at radius 2 is 2.07 bits per heavy atom. The molecule has 90 valence electrons. The predicted octanol–water partition coefficient (Wildman–Crippen LogP) is 1.82. The average Bonchev–Trinajstić information content (AvgIpc) is 2.26. The molecule has 0 aromatic heterocycles. The van der Waals surface area contributed by atoms with Crippen molar-refractivity contribution in [3.63, 3.8) is 0 Å². The maximum absolute atomic E-state index is 5.85. The SMILES string of the molecule is CCOCCOC1CC(NC)C1(C)CC. The van der Waals surface area contributed by atoms with Gasteiger partial charge in [0.2, 0.25) is 0 Å². The third-order valence-corrected chi connectivity index (χ3v) is 3.84. The van der Waals surface area contributed by atoms with Crippen LogP contribution in [0.15, 0.2) is 0 Å². The topological polar surface area (TPSA) is 30.5 Å². The zero-order chi connectivity index (χ0) is 11.3. The van der Waals surface area contributed by atoms with Gasteiger partial charge in [0.05, 0.1) is 19.3 Å². The molecule has 0 amide bonds. The molecule has 0 bridgehead atoms. The molecule has 0 spiro atoms. The summed E-state index contributed by atoms with van der Waals surface area (Å²) in [7, 11) is 2.04. The number of rotatable bonds is 7. The fourth-order valence-corrected chi connectivity index (χ4v) is 2.39. The van der Waals surface area contributed by atoms with Gasteiger partial charge in [-0.15, -0.1) is 0 Å². The van der Waals surface area contributed by atoms with Gasteiger partial charge in [-0.3, -0.25) is 0 Å². The second-order valence-electron chi connectivity index (χ2n) is 4.49. The molecule has 3 unspecified atom stereocenters. The zero-order valence-electron chi connectivity index (χ0n) is 10.5. The van der Waals surface area contributed by atoms with Crippen LogP contribution in [0.25, 0.3) is 0 Å². The summed E-state index contributed by atoms with van der Waals surface area (Å²) in [6.07, 6.45) is 2.70. The van der Waals surface area contributed by atoms with Crippen molar-refractivity contribution in [2.24, 2.45) is 5.41 Å². The van der Waals surface area contributed by atoms with E-state index in [1.807, 2.05) is 14.0 Å². The van der Waals surface area contributed by atoms with Gasteiger partial charge in [0.1, 0.15) is 0 Å². The van der Waals surface area contributed by atoms with Gasteiger partial charge in [-0.25, -0.2) is 0 Å². The molecule has 3 heteroatoms. The molecule has 1 aliphatic carbocycles. The second kappa shape index (κ2) is 5.83. The highest BCUT2D eigenvalue weighted by Crippen LogP contribution is 2.45. The summed E-state index contributed by atoms with van der Waals surface area (Å²) in [5, 5.41) is 3.36. The standard InChI is InChI=1S/C12H25NO2/c1-5-12(3)10(13-4)9-11(12)15-8-7-14-6-2/h10-11,13H,5-9H2,1-4H3. The first kappa shape index (κ1) is 12.9. The highest BCUT2D eigenvalue weighted by molar-refractivity contribution is 5.04. The lowest BCUT2D eigenvalue weighted by molar-refractivity contribution is -0.135. The van der Waals surface area contributed by atoms with E-state index >= 15 is 0 Å². The fraction of sp³-hybridized carbons (Fsp3) is 1.00. The third kappa shape index (κ3) is 2.71. The fourth-order valence-electron chi connectivity index (χ4n) is 2.39. The highest BCUT2D eigenvalue weighted by Gasteiger charge is 2.50. The molecule has 15 heavy (non-hydrogen) atoms. The van der Waals surface area contributed by atoms with Crippen LogP contribution in [-0.2, 0) is 9.47 Å². The number of ether oxygens (including phenoxy) is 2. The molecule has 1 saturated carbocycles. The maximum atomic E-state index is 5.85. The van der Waals surface area contributed by atoms with Gasteiger partial charge in [-0.2, -0.15) is 0 Å². The molecular formula is C12H25NO2. The molecule has 1 aliphatic rings. The van der Waals surface area contributed by atoms with E-state index in [2.05, 4.69) is 19.2 Å². The van der Waals surface area contributed by atoms with Gasteiger partial charge < -0.3 is 14.8 Å². The van der Waals surface area contributed by atoms with Crippen LogP contribution in [0, 0.1) is 5.41 Å². The van der Waals surface area contributed by atoms with Crippen molar-refractivity contribution >= 4 is 0 Å². The lowest BCUT2D eigenvalue weighted by atomic mass is 9.61. The zero-order valence-corrected chi connectivity index (χ0v) is 10.5. The minimum absolute atomic E-state index is 0.307. The third-order valence-electron chi connectivity index (χ3n) is 3.84. The largest absolute Gasteiger partial charge is 0.379 e. The summed E-state index contributed by atoms with van der Waals surface area (Å²) in [4.78, 5) is 0. The van der Waals surface area contributed by atoms with Crippen LogP contribution >= 0.6 is 0 Å². The van der Waals surface area contributed by atoms with E-state index in [9.17, 15) is 0 Å². The van der Waals surface area contributed by atoms with Crippen LogP contribution in [0.1, 0.15) is 33.6 Å². The van der Waals surface area contributed by atoms with E-state index in [1.54, 1.807) is 0 Å². The Labute approximate surface area is 93.5 Å². The molecule has 0 heterocycles. The Balaban J connectivity index is 2.26. The van der Waals surface area contributed by atoms with E-state index in [0.717, 1.165) is 32.7 Å². The summed E-state index contributed by atoms with van der Waals surface area (Å²) in [5.74, 6) is 0. The minimum atomic E-state index is 0.307. The van der Waals surface area contributed by atoms with Crippen LogP contribution < -0.4 is 5.32 Å². The van der Waals surface area contributed by atoms with E-state index in [-0.39, 0.29) is 0 Å². The maximum Gasteiger partial charge on any atom is 0.0704 e. The van der Waals surface area contributed by atoms with Crippen molar-refractivity contribution in [3.05, 3.63) is 0 Å². The van der Waals surface area contributed by atoms with Gasteiger partial charge in [-0.05, 0) is 26.8 Å². The van der Waals surface area contributed by atoms with E-state index in [0.29, 0.717) is 17.6 Å². The van der Waals surface area contributed by atoms with Gasteiger partial charge in [-0.1, -0.05) is 13.8 Å². The molecule has 0 radical (unpaired) electrons. The lowest BCUT2D eigenvalue weighted by Gasteiger charge is -2.53. The van der Waals surface area contributed by atoms with Crippen molar-refractivity contribution in [2.45, 2.75) is 45.8 Å². The lowest BCUT2D eigenvalue weighted by Crippen LogP contribution is -2.61. The van der Waals surface area contributed by atoms with Crippen LogP contribution in [0.4, 0.5) is 0 Å². The molecule has 1 N–H and O–H groups in total. The van der Waals surface area contributed by atoms with Crippen molar-refractivity contribution < 1.29 is 9.47 Å². The van der Waals surface area contributed by atoms with Gasteiger partial charge in [0.25, 0.3) is 0 Å². The Kier molecular flexibility index (Phi) is 5.03. The van der Waals surface area contributed by atoms with Gasteiger partial charge >= 0.3 is 0 Å². The van der Waals surface area contributed by atoms with Crippen LogP contribution in [-0.4, -0.2) is 39.0 Å². The summed E-state index contributed by atoms with van der Waals surface area (Å²) >= 11 is 0. The van der Waals surface area contributed by atoms with Crippen molar-refractivity contribution in [1.29, 1.82) is 0 Å². The summed E-state index contributed by atoms with van der Waals surface area (Å²) in [6.45, 7) is 8.78. The first-order valence-corrected chi connectivity index (χ1v) is 6.05. The Morgan fingerprint density at radius 3 is 2.60 bits per heavy atom. The molecule has 1 rings (SSSR count). The Bertz CT molecular complexity index is 186.